The fourth-order valence-electron chi connectivity index (χ4n) is 4.49. The van der Waals surface area contributed by atoms with E-state index in [0.29, 0.717) is 17.8 Å². The van der Waals surface area contributed by atoms with Crippen molar-refractivity contribution in [3.63, 3.8) is 0 Å². The van der Waals surface area contributed by atoms with E-state index in [1.54, 1.807) is 23.9 Å². The first kappa shape index (κ1) is 31.5. The van der Waals surface area contributed by atoms with E-state index in [0.717, 1.165) is 41.4 Å². The summed E-state index contributed by atoms with van der Waals surface area (Å²) in [5, 5.41) is 0.328. The molecule has 216 valence electrons. The van der Waals surface area contributed by atoms with Crippen molar-refractivity contribution < 1.29 is 14.2 Å². The fourth-order valence-corrected chi connectivity index (χ4v) is 10.1. The molecular formula is C31H45NO3S4. The molecule has 0 heterocycles. The van der Waals surface area contributed by atoms with E-state index in [9.17, 15) is 0 Å². The predicted octanol–water partition coefficient (Wildman–Crippen LogP) is 9.72. The highest BCUT2D eigenvalue weighted by molar-refractivity contribution is 8.18. The predicted molar refractivity (Wildman–Crippen MR) is 172 cm³/mol. The second-order valence-corrected chi connectivity index (χ2v) is 16.2. The standard InChI is InChI=1S/C31H45NO3S4/c1-5-23-37-31(36-6-2,35-28-15-9-7-10-16-28)30(33-24-26-21-22-26,34-27-17-13-14-18-27)32(38-25(3)4)39-29-19-11-8-12-20-29/h7-12,15-16,19-20,25-27H,5-6,13-14,17-18,21-24H2,1-4H3. The van der Waals surface area contributed by atoms with Crippen molar-refractivity contribution in [3.8, 4) is 5.75 Å². The summed E-state index contributed by atoms with van der Waals surface area (Å²) in [5.74, 6) is 2.12. The number of para-hydroxylation sites is 1. The van der Waals surface area contributed by atoms with Crippen LogP contribution in [0.15, 0.2) is 65.6 Å². The molecule has 2 aliphatic rings. The monoisotopic (exact) mass is 607 g/mol. The first-order valence-electron chi connectivity index (χ1n) is 14.5. The van der Waals surface area contributed by atoms with Crippen LogP contribution < -0.4 is 4.74 Å². The van der Waals surface area contributed by atoms with Crippen LogP contribution in [0.2, 0.25) is 0 Å². The normalized spacial score (nSPS) is 19.3. The number of ether oxygens (including phenoxy) is 3. The van der Waals surface area contributed by atoms with Gasteiger partial charge in [0.2, 0.25) is 0 Å². The largest absolute Gasteiger partial charge is 0.460 e. The zero-order valence-electron chi connectivity index (χ0n) is 23.9. The lowest BCUT2D eigenvalue weighted by atomic mass is 10.3. The van der Waals surface area contributed by atoms with Crippen LogP contribution >= 0.6 is 47.4 Å². The Morgan fingerprint density at radius 2 is 1.56 bits per heavy atom. The van der Waals surface area contributed by atoms with Crippen LogP contribution in [0.4, 0.5) is 0 Å². The number of nitrogens with zero attached hydrogens (tertiary/aromatic N) is 1. The summed E-state index contributed by atoms with van der Waals surface area (Å²) in [6.45, 7) is 9.62. The smallest absolute Gasteiger partial charge is 0.312 e. The molecule has 0 radical (unpaired) electrons. The van der Waals surface area contributed by atoms with Gasteiger partial charge in [-0.3, -0.25) is 0 Å². The number of benzene rings is 2. The molecule has 0 N–H and O–H groups in total. The second-order valence-electron chi connectivity index (χ2n) is 10.4. The van der Waals surface area contributed by atoms with Crippen molar-refractivity contribution in [2.24, 2.45) is 5.92 Å². The van der Waals surface area contributed by atoms with Crippen molar-refractivity contribution in [2.45, 2.75) is 99.1 Å². The Kier molecular flexibility index (Phi) is 12.6. The lowest BCUT2D eigenvalue weighted by Crippen LogP contribution is -2.65. The van der Waals surface area contributed by atoms with Crippen LogP contribution in [0.25, 0.3) is 0 Å². The molecule has 0 aromatic heterocycles. The number of hydrogen-bond donors (Lipinski definition) is 0. The van der Waals surface area contributed by atoms with Gasteiger partial charge in [0, 0.05) is 10.1 Å². The Labute approximate surface area is 253 Å². The maximum Gasteiger partial charge on any atom is 0.312 e. The number of rotatable bonds is 18. The molecule has 4 rings (SSSR count). The highest BCUT2D eigenvalue weighted by Crippen LogP contribution is 2.57. The van der Waals surface area contributed by atoms with E-state index in [1.165, 1.54) is 25.7 Å². The third kappa shape index (κ3) is 8.76. The first-order valence-corrected chi connectivity index (χ1v) is 18.1. The van der Waals surface area contributed by atoms with Gasteiger partial charge in [-0.05, 0) is 85.7 Å². The van der Waals surface area contributed by atoms with Crippen molar-refractivity contribution in [3.05, 3.63) is 60.7 Å². The molecule has 0 saturated heterocycles. The minimum absolute atomic E-state index is 0.134. The molecule has 0 bridgehead atoms. The Hall–Kier alpha value is -0.480. The quantitative estimate of drug-likeness (QED) is 0.122. The molecule has 2 aromatic carbocycles. The second kappa shape index (κ2) is 15.7. The molecule has 2 unspecified atom stereocenters. The van der Waals surface area contributed by atoms with E-state index in [1.807, 2.05) is 41.7 Å². The molecule has 2 aliphatic carbocycles. The lowest BCUT2D eigenvalue weighted by Gasteiger charge is -2.52. The van der Waals surface area contributed by atoms with Crippen LogP contribution in [0.3, 0.4) is 0 Å². The van der Waals surface area contributed by atoms with Crippen molar-refractivity contribution >= 4 is 47.4 Å². The Morgan fingerprint density at radius 1 is 0.897 bits per heavy atom. The summed E-state index contributed by atoms with van der Waals surface area (Å²) >= 11 is 7.16. The minimum atomic E-state index is -1.13. The molecule has 0 spiro atoms. The zero-order chi connectivity index (χ0) is 27.6. The molecule has 2 aromatic rings. The van der Waals surface area contributed by atoms with E-state index in [-0.39, 0.29) is 6.10 Å². The van der Waals surface area contributed by atoms with Crippen LogP contribution in [0.5, 0.6) is 5.75 Å². The average molecular weight is 608 g/mol. The van der Waals surface area contributed by atoms with Crippen molar-refractivity contribution in [2.75, 3.05) is 18.1 Å². The third-order valence-corrected chi connectivity index (χ3v) is 11.8. The van der Waals surface area contributed by atoms with E-state index >= 15 is 0 Å². The highest BCUT2D eigenvalue weighted by Gasteiger charge is 2.64. The van der Waals surface area contributed by atoms with Crippen LogP contribution in [0.1, 0.15) is 72.6 Å². The van der Waals surface area contributed by atoms with Crippen LogP contribution in [0, 0.1) is 5.92 Å². The summed E-state index contributed by atoms with van der Waals surface area (Å²) in [5.41, 5.74) is 0. The SMILES string of the molecule is CCCSC(Oc1ccccc1)(SCC)C(OCC1CC1)(OC1CCCC1)N(Sc1ccccc1)SC(C)C. The van der Waals surface area contributed by atoms with Gasteiger partial charge in [0.1, 0.15) is 5.75 Å². The lowest BCUT2D eigenvalue weighted by molar-refractivity contribution is -0.318. The Bertz CT molecular complexity index is 959. The summed E-state index contributed by atoms with van der Waals surface area (Å²) < 4.78 is 23.3. The van der Waals surface area contributed by atoms with Gasteiger partial charge in [-0.1, -0.05) is 112 Å². The number of thioether (sulfide) groups is 2. The van der Waals surface area contributed by atoms with Gasteiger partial charge >= 0.3 is 5.91 Å². The highest BCUT2D eigenvalue weighted by atomic mass is 32.2. The summed E-state index contributed by atoms with van der Waals surface area (Å²) in [4.78, 5) is 1.16. The summed E-state index contributed by atoms with van der Waals surface area (Å²) in [6.07, 6.45) is 8.12. The molecule has 2 fully saturated rings. The van der Waals surface area contributed by atoms with Gasteiger partial charge in [-0.25, -0.2) is 0 Å². The van der Waals surface area contributed by atoms with E-state index < -0.39 is 10.2 Å². The summed E-state index contributed by atoms with van der Waals surface area (Å²) in [7, 11) is 0. The average Bonchev–Trinajstić information content (AvgIpc) is 3.63. The molecule has 2 saturated carbocycles. The van der Waals surface area contributed by atoms with Crippen molar-refractivity contribution in [1.29, 1.82) is 0 Å². The van der Waals surface area contributed by atoms with Gasteiger partial charge in [0.05, 0.1) is 12.7 Å². The van der Waals surface area contributed by atoms with Gasteiger partial charge in [-0.2, -0.15) is 0 Å². The number of hydrogen-bond acceptors (Lipinski definition) is 8. The molecule has 0 amide bonds. The maximum absolute atomic E-state index is 7.40. The molecule has 4 nitrogen and oxygen atoms in total. The van der Waals surface area contributed by atoms with Crippen LogP contribution in [-0.2, 0) is 9.47 Å². The van der Waals surface area contributed by atoms with Crippen LogP contribution in [-0.4, -0.2) is 43.4 Å². The van der Waals surface area contributed by atoms with Gasteiger partial charge < -0.3 is 14.2 Å². The van der Waals surface area contributed by atoms with E-state index in [4.69, 9.17) is 14.2 Å². The van der Waals surface area contributed by atoms with Crippen molar-refractivity contribution in [1.82, 2.24) is 3.71 Å². The maximum atomic E-state index is 7.40. The van der Waals surface area contributed by atoms with E-state index in [2.05, 4.69) is 73.9 Å². The Morgan fingerprint density at radius 3 is 2.15 bits per heavy atom. The van der Waals surface area contributed by atoms with Gasteiger partial charge in [0.25, 0.3) is 4.27 Å². The Balaban J connectivity index is 1.89. The van der Waals surface area contributed by atoms with Gasteiger partial charge in [-0.15, -0.1) is 3.71 Å². The summed E-state index contributed by atoms with van der Waals surface area (Å²) in [6, 6.07) is 20.9. The molecule has 8 heteroatoms. The molecular weight excluding hydrogens is 563 g/mol. The molecule has 39 heavy (non-hydrogen) atoms. The fraction of sp³-hybridized carbons (Fsp3) is 0.613. The third-order valence-electron chi connectivity index (χ3n) is 6.53. The van der Waals surface area contributed by atoms with Gasteiger partial charge in [0.15, 0.2) is 0 Å². The first-order chi connectivity index (χ1) is 19.0. The topological polar surface area (TPSA) is 30.9 Å². The zero-order valence-corrected chi connectivity index (χ0v) is 27.1. The molecule has 0 aliphatic heterocycles. The molecule has 2 atom stereocenters. The minimum Gasteiger partial charge on any atom is -0.460 e.